The van der Waals surface area contributed by atoms with Crippen LogP contribution < -0.4 is 0 Å². The van der Waals surface area contributed by atoms with Crippen molar-refractivity contribution in [2.75, 3.05) is 19.7 Å². The van der Waals surface area contributed by atoms with Gasteiger partial charge in [-0.3, -0.25) is 9.69 Å². The zero-order valence-electron chi connectivity index (χ0n) is 10.5. The van der Waals surface area contributed by atoms with Crippen molar-refractivity contribution in [1.82, 2.24) is 4.90 Å². The Morgan fingerprint density at radius 1 is 1.56 bits per heavy atom. The fourth-order valence-electron chi connectivity index (χ4n) is 2.51. The molecule has 2 atom stereocenters. The minimum atomic E-state index is -0.774. The third-order valence-corrected chi connectivity index (χ3v) is 3.23. The molecule has 0 aromatic heterocycles. The SMILES string of the molecule is CCC(C(C)C)N1CCOC(CC(=O)O)C1. The molecule has 0 aliphatic carbocycles. The number of carboxylic acid groups (broad SMARTS) is 1. The average Bonchev–Trinajstić information content (AvgIpc) is 2.17. The molecule has 0 radical (unpaired) electrons. The highest BCUT2D eigenvalue weighted by Crippen LogP contribution is 2.19. The molecule has 94 valence electrons. The van der Waals surface area contributed by atoms with Gasteiger partial charge in [-0.15, -0.1) is 0 Å². The fraction of sp³-hybridized carbons (Fsp3) is 0.917. The van der Waals surface area contributed by atoms with Gasteiger partial charge in [0.1, 0.15) is 0 Å². The first kappa shape index (κ1) is 13.5. The zero-order valence-corrected chi connectivity index (χ0v) is 10.5. The molecule has 1 saturated heterocycles. The third-order valence-electron chi connectivity index (χ3n) is 3.23. The Morgan fingerprint density at radius 3 is 2.75 bits per heavy atom. The molecule has 0 amide bonds. The van der Waals surface area contributed by atoms with Crippen molar-refractivity contribution in [3.8, 4) is 0 Å². The molecule has 16 heavy (non-hydrogen) atoms. The minimum Gasteiger partial charge on any atom is -0.481 e. The van der Waals surface area contributed by atoms with Gasteiger partial charge in [0.05, 0.1) is 19.1 Å². The number of nitrogens with zero attached hydrogens (tertiary/aromatic N) is 1. The molecule has 4 heteroatoms. The molecule has 1 rings (SSSR count). The second-order valence-corrected chi connectivity index (χ2v) is 4.81. The summed E-state index contributed by atoms with van der Waals surface area (Å²) in [5.74, 6) is -0.168. The van der Waals surface area contributed by atoms with Gasteiger partial charge in [-0.1, -0.05) is 20.8 Å². The zero-order chi connectivity index (χ0) is 12.1. The van der Waals surface area contributed by atoms with Gasteiger partial charge in [0.15, 0.2) is 0 Å². The van der Waals surface area contributed by atoms with Crippen molar-refractivity contribution in [2.45, 2.75) is 45.8 Å². The fourth-order valence-corrected chi connectivity index (χ4v) is 2.51. The first-order chi connectivity index (χ1) is 7.54. The van der Waals surface area contributed by atoms with Crippen molar-refractivity contribution >= 4 is 5.97 Å². The van der Waals surface area contributed by atoms with Crippen LogP contribution in [0.15, 0.2) is 0 Å². The van der Waals surface area contributed by atoms with Crippen LogP contribution in [-0.4, -0.2) is 47.8 Å². The van der Waals surface area contributed by atoms with Gasteiger partial charge in [0.2, 0.25) is 0 Å². The van der Waals surface area contributed by atoms with Gasteiger partial charge in [0.25, 0.3) is 0 Å². The van der Waals surface area contributed by atoms with E-state index < -0.39 is 5.97 Å². The molecular formula is C12H23NO3. The molecular weight excluding hydrogens is 206 g/mol. The van der Waals surface area contributed by atoms with Crippen LogP contribution in [0, 0.1) is 5.92 Å². The molecule has 0 aromatic rings. The highest BCUT2D eigenvalue weighted by Gasteiger charge is 2.28. The molecule has 1 heterocycles. The standard InChI is InChI=1S/C12H23NO3/c1-4-11(9(2)3)13-5-6-16-10(8-13)7-12(14)15/h9-11H,4-8H2,1-3H3,(H,14,15). The molecule has 4 nitrogen and oxygen atoms in total. The summed E-state index contributed by atoms with van der Waals surface area (Å²) in [7, 11) is 0. The van der Waals surface area contributed by atoms with Gasteiger partial charge in [-0.05, 0) is 12.3 Å². The van der Waals surface area contributed by atoms with Crippen molar-refractivity contribution in [1.29, 1.82) is 0 Å². The molecule has 0 aromatic carbocycles. The quantitative estimate of drug-likeness (QED) is 0.778. The van der Waals surface area contributed by atoms with Crippen LogP contribution in [0.5, 0.6) is 0 Å². The summed E-state index contributed by atoms with van der Waals surface area (Å²) in [4.78, 5) is 13.0. The van der Waals surface area contributed by atoms with Crippen molar-refractivity contribution in [2.24, 2.45) is 5.92 Å². The summed E-state index contributed by atoms with van der Waals surface area (Å²) in [6.45, 7) is 8.95. The molecule has 0 bridgehead atoms. The molecule has 0 saturated carbocycles. The van der Waals surface area contributed by atoms with E-state index in [9.17, 15) is 4.79 Å². The normalized spacial score (nSPS) is 24.6. The Morgan fingerprint density at radius 2 is 2.25 bits per heavy atom. The highest BCUT2D eigenvalue weighted by molar-refractivity contribution is 5.67. The van der Waals surface area contributed by atoms with Crippen LogP contribution in [0.1, 0.15) is 33.6 Å². The number of carbonyl (C=O) groups is 1. The second-order valence-electron chi connectivity index (χ2n) is 4.81. The molecule has 0 spiro atoms. The first-order valence-corrected chi connectivity index (χ1v) is 6.12. The minimum absolute atomic E-state index is 0.116. The Hall–Kier alpha value is -0.610. The molecule has 2 unspecified atom stereocenters. The lowest BCUT2D eigenvalue weighted by molar-refractivity contribution is -0.142. The van der Waals surface area contributed by atoms with Gasteiger partial charge < -0.3 is 9.84 Å². The topological polar surface area (TPSA) is 49.8 Å². The lowest BCUT2D eigenvalue weighted by Crippen LogP contribution is -2.49. The summed E-state index contributed by atoms with van der Waals surface area (Å²) >= 11 is 0. The summed E-state index contributed by atoms with van der Waals surface area (Å²) in [6.07, 6.45) is 1.08. The Balaban J connectivity index is 2.51. The molecule has 1 aliphatic rings. The summed E-state index contributed by atoms with van der Waals surface area (Å²) in [5.41, 5.74) is 0. The van der Waals surface area contributed by atoms with Crippen LogP contribution >= 0.6 is 0 Å². The van der Waals surface area contributed by atoms with Gasteiger partial charge in [0, 0.05) is 19.1 Å². The summed E-state index contributed by atoms with van der Waals surface area (Å²) in [5, 5.41) is 8.76. The Labute approximate surface area is 97.6 Å². The maximum Gasteiger partial charge on any atom is 0.306 e. The van der Waals surface area contributed by atoms with E-state index in [-0.39, 0.29) is 12.5 Å². The maximum absolute atomic E-state index is 10.6. The molecule has 1 fully saturated rings. The average molecular weight is 229 g/mol. The second kappa shape index (κ2) is 6.21. The lowest BCUT2D eigenvalue weighted by Gasteiger charge is -2.39. The van der Waals surface area contributed by atoms with Crippen LogP contribution in [0.3, 0.4) is 0 Å². The smallest absolute Gasteiger partial charge is 0.306 e. The van der Waals surface area contributed by atoms with Crippen LogP contribution in [0.4, 0.5) is 0 Å². The van der Waals surface area contributed by atoms with Crippen LogP contribution in [0.25, 0.3) is 0 Å². The Kier molecular flexibility index (Phi) is 5.22. The van der Waals surface area contributed by atoms with Gasteiger partial charge >= 0.3 is 5.97 Å². The summed E-state index contributed by atoms with van der Waals surface area (Å²) < 4.78 is 5.47. The predicted octanol–water partition coefficient (Wildman–Crippen LogP) is 1.60. The van der Waals surface area contributed by atoms with Crippen molar-refractivity contribution < 1.29 is 14.6 Å². The van der Waals surface area contributed by atoms with Crippen LogP contribution in [-0.2, 0) is 9.53 Å². The number of aliphatic carboxylic acids is 1. The van der Waals surface area contributed by atoms with Gasteiger partial charge in [-0.2, -0.15) is 0 Å². The highest BCUT2D eigenvalue weighted by atomic mass is 16.5. The van der Waals surface area contributed by atoms with E-state index in [0.717, 1.165) is 19.5 Å². The number of carboxylic acids is 1. The number of hydrogen-bond donors (Lipinski definition) is 1. The third kappa shape index (κ3) is 3.76. The van der Waals surface area contributed by atoms with Crippen molar-refractivity contribution in [3.05, 3.63) is 0 Å². The number of ether oxygens (including phenoxy) is 1. The van der Waals surface area contributed by atoms with E-state index in [1.165, 1.54) is 0 Å². The monoisotopic (exact) mass is 229 g/mol. The summed E-state index contributed by atoms with van der Waals surface area (Å²) in [6, 6.07) is 0.542. The predicted molar refractivity (Wildman–Crippen MR) is 62.5 cm³/mol. The molecule has 1 aliphatic heterocycles. The number of morpholine rings is 1. The van der Waals surface area contributed by atoms with Gasteiger partial charge in [-0.25, -0.2) is 0 Å². The van der Waals surface area contributed by atoms with E-state index in [0.29, 0.717) is 18.6 Å². The lowest BCUT2D eigenvalue weighted by atomic mass is 9.98. The van der Waals surface area contributed by atoms with E-state index in [1.54, 1.807) is 0 Å². The van der Waals surface area contributed by atoms with E-state index in [4.69, 9.17) is 9.84 Å². The molecule has 1 N–H and O–H groups in total. The number of rotatable bonds is 5. The maximum atomic E-state index is 10.6. The first-order valence-electron chi connectivity index (χ1n) is 6.12. The van der Waals surface area contributed by atoms with Crippen LogP contribution in [0.2, 0.25) is 0 Å². The van der Waals surface area contributed by atoms with E-state index >= 15 is 0 Å². The Bertz CT molecular complexity index is 230. The largest absolute Gasteiger partial charge is 0.481 e. The van der Waals surface area contributed by atoms with E-state index in [1.807, 2.05) is 0 Å². The van der Waals surface area contributed by atoms with Crippen molar-refractivity contribution in [3.63, 3.8) is 0 Å². The van der Waals surface area contributed by atoms with E-state index in [2.05, 4.69) is 25.7 Å². The number of hydrogen-bond acceptors (Lipinski definition) is 3.